The van der Waals surface area contributed by atoms with Crippen molar-refractivity contribution in [3.63, 3.8) is 0 Å². The smallest absolute Gasteiger partial charge is 0.409 e. The maximum Gasteiger partial charge on any atom is 0.409 e. The number of nitrogen functional groups attached to an aromatic ring is 2. The number of benzene rings is 1. The number of hydrogen-bond acceptors (Lipinski definition) is 5. The molecule has 1 heterocycles. The molecule has 0 aliphatic carbocycles. The Balaban J connectivity index is 1.96. The first-order valence-corrected chi connectivity index (χ1v) is 6.43. The molecule has 1 aliphatic heterocycles. The molecule has 1 amide bonds. The fraction of sp³-hybridized carbons (Fsp3) is 0.462. The third-order valence-corrected chi connectivity index (χ3v) is 3.24. The summed E-state index contributed by atoms with van der Waals surface area (Å²) >= 11 is 0. The monoisotopic (exact) mass is 264 g/mol. The third-order valence-electron chi connectivity index (χ3n) is 3.24. The molecule has 1 fully saturated rings. The van der Waals surface area contributed by atoms with Crippen LogP contribution >= 0.6 is 0 Å². The summed E-state index contributed by atoms with van der Waals surface area (Å²) in [6.45, 7) is 5.06. The first kappa shape index (κ1) is 13.3. The molecule has 0 radical (unpaired) electrons. The molecule has 6 heteroatoms. The molecular formula is C13H20N4O2. The number of anilines is 3. The van der Waals surface area contributed by atoms with Gasteiger partial charge in [-0.05, 0) is 25.1 Å². The summed E-state index contributed by atoms with van der Waals surface area (Å²) in [5.41, 5.74) is 13.7. The highest BCUT2D eigenvalue weighted by Crippen LogP contribution is 2.23. The van der Waals surface area contributed by atoms with Crippen LogP contribution in [0.1, 0.15) is 6.92 Å². The zero-order valence-electron chi connectivity index (χ0n) is 11.1. The molecule has 0 unspecified atom stereocenters. The van der Waals surface area contributed by atoms with Crippen LogP contribution in [-0.2, 0) is 4.74 Å². The maximum atomic E-state index is 11.6. The summed E-state index contributed by atoms with van der Waals surface area (Å²) in [4.78, 5) is 15.5. The first-order valence-electron chi connectivity index (χ1n) is 6.43. The van der Waals surface area contributed by atoms with Gasteiger partial charge in [-0.1, -0.05) is 0 Å². The Morgan fingerprint density at radius 2 is 1.89 bits per heavy atom. The van der Waals surface area contributed by atoms with Crippen LogP contribution in [0.5, 0.6) is 0 Å². The predicted octanol–water partition coefficient (Wildman–Crippen LogP) is 1.13. The van der Waals surface area contributed by atoms with E-state index in [1.54, 1.807) is 4.90 Å². The SMILES string of the molecule is CCOC(=O)N1CCN(c2ccc(N)c(N)c2)CC1. The zero-order valence-corrected chi connectivity index (χ0v) is 11.1. The fourth-order valence-corrected chi connectivity index (χ4v) is 2.12. The largest absolute Gasteiger partial charge is 0.450 e. The molecule has 0 spiro atoms. The van der Waals surface area contributed by atoms with Gasteiger partial charge in [0.15, 0.2) is 0 Å². The average Bonchev–Trinajstić information content (AvgIpc) is 2.42. The van der Waals surface area contributed by atoms with Gasteiger partial charge in [0.2, 0.25) is 0 Å². The van der Waals surface area contributed by atoms with E-state index in [0.717, 1.165) is 18.8 Å². The summed E-state index contributed by atoms with van der Waals surface area (Å²) in [7, 11) is 0. The van der Waals surface area contributed by atoms with Gasteiger partial charge in [0.05, 0.1) is 18.0 Å². The molecule has 19 heavy (non-hydrogen) atoms. The van der Waals surface area contributed by atoms with E-state index in [1.165, 1.54) is 0 Å². The Labute approximate surface area is 112 Å². The Morgan fingerprint density at radius 1 is 1.21 bits per heavy atom. The molecule has 1 saturated heterocycles. The van der Waals surface area contributed by atoms with E-state index in [0.29, 0.717) is 31.1 Å². The maximum absolute atomic E-state index is 11.6. The van der Waals surface area contributed by atoms with Crippen molar-refractivity contribution < 1.29 is 9.53 Å². The highest BCUT2D eigenvalue weighted by molar-refractivity contribution is 5.71. The minimum absolute atomic E-state index is 0.237. The molecule has 6 nitrogen and oxygen atoms in total. The lowest BCUT2D eigenvalue weighted by Gasteiger charge is -2.35. The number of amides is 1. The lowest BCUT2D eigenvalue weighted by atomic mass is 10.2. The first-order chi connectivity index (χ1) is 9.11. The van der Waals surface area contributed by atoms with Crippen molar-refractivity contribution in [1.29, 1.82) is 0 Å². The van der Waals surface area contributed by atoms with Crippen molar-refractivity contribution in [3.05, 3.63) is 18.2 Å². The van der Waals surface area contributed by atoms with Crippen LogP contribution in [0.2, 0.25) is 0 Å². The second-order valence-electron chi connectivity index (χ2n) is 4.49. The van der Waals surface area contributed by atoms with Crippen LogP contribution in [0.4, 0.5) is 21.9 Å². The molecule has 1 aromatic carbocycles. The molecule has 1 aromatic rings. The van der Waals surface area contributed by atoms with E-state index in [9.17, 15) is 4.79 Å². The highest BCUT2D eigenvalue weighted by atomic mass is 16.6. The molecule has 104 valence electrons. The summed E-state index contributed by atoms with van der Waals surface area (Å²) in [5, 5.41) is 0. The zero-order chi connectivity index (χ0) is 13.8. The summed E-state index contributed by atoms with van der Waals surface area (Å²) < 4.78 is 4.99. The van der Waals surface area contributed by atoms with Gasteiger partial charge in [-0.25, -0.2) is 4.79 Å². The van der Waals surface area contributed by atoms with Crippen LogP contribution in [0.15, 0.2) is 18.2 Å². The van der Waals surface area contributed by atoms with E-state index in [4.69, 9.17) is 16.2 Å². The van der Waals surface area contributed by atoms with E-state index in [2.05, 4.69) is 4.90 Å². The topological polar surface area (TPSA) is 84.8 Å². The standard InChI is InChI=1S/C13H20N4O2/c1-2-19-13(18)17-7-5-16(6-8-17)10-3-4-11(14)12(15)9-10/h3-4,9H,2,5-8,14-15H2,1H3. The normalized spacial score (nSPS) is 15.4. The van der Waals surface area contributed by atoms with E-state index >= 15 is 0 Å². The number of nitrogens with zero attached hydrogens (tertiary/aromatic N) is 2. The summed E-state index contributed by atoms with van der Waals surface area (Å²) in [6.07, 6.45) is -0.237. The predicted molar refractivity (Wildman–Crippen MR) is 76.1 cm³/mol. The molecule has 0 atom stereocenters. The van der Waals surface area contributed by atoms with Crippen LogP contribution in [0, 0.1) is 0 Å². The molecular weight excluding hydrogens is 244 g/mol. The quantitative estimate of drug-likeness (QED) is 0.782. The van der Waals surface area contributed by atoms with Gasteiger partial charge in [0, 0.05) is 31.9 Å². The van der Waals surface area contributed by atoms with E-state index in [1.807, 2.05) is 25.1 Å². The van der Waals surface area contributed by atoms with Gasteiger partial charge < -0.3 is 26.0 Å². The van der Waals surface area contributed by atoms with Crippen LogP contribution in [0.25, 0.3) is 0 Å². The van der Waals surface area contributed by atoms with E-state index < -0.39 is 0 Å². The third kappa shape index (κ3) is 3.01. The molecule has 0 aromatic heterocycles. The lowest BCUT2D eigenvalue weighted by Crippen LogP contribution is -2.49. The van der Waals surface area contributed by atoms with Crippen molar-refractivity contribution in [2.75, 3.05) is 49.2 Å². The molecule has 1 aliphatic rings. The average molecular weight is 264 g/mol. The fourth-order valence-electron chi connectivity index (χ4n) is 2.12. The van der Waals surface area contributed by atoms with Gasteiger partial charge in [-0.3, -0.25) is 0 Å². The lowest BCUT2D eigenvalue weighted by molar-refractivity contribution is 0.105. The van der Waals surface area contributed by atoms with Gasteiger partial charge in [-0.2, -0.15) is 0 Å². The van der Waals surface area contributed by atoms with Crippen molar-refractivity contribution in [2.45, 2.75) is 6.92 Å². The Hall–Kier alpha value is -2.11. The number of carbonyl (C=O) groups excluding carboxylic acids is 1. The second-order valence-corrected chi connectivity index (χ2v) is 4.49. The van der Waals surface area contributed by atoms with Crippen molar-refractivity contribution in [3.8, 4) is 0 Å². The van der Waals surface area contributed by atoms with Gasteiger partial charge >= 0.3 is 6.09 Å². The minimum Gasteiger partial charge on any atom is -0.450 e. The number of nitrogens with two attached hydrogens (primary N) is 2. The van der Waals surface area contributed by atoms with Crippen LogP contribution in [0.3, 0.4) is 0 Å². The van der Waals surface area contributed by atoms with Crippen LogP contribution in [-0.4, -0.2) is 43.8 Å². The number of ether oxygens (including phenoxy) is 1. The molecule has 2 rings (SSSR count). The van der Waals surface area contributed by atoms with Crippen molar-refractivity contribution in [2.24, 2.45) is 0 Å². The molecule has 0 bridgehead atoms. The summed E-state index contributed by atoms with van der Waals surface area (Å²) in [5.74, 6) is 0. The number of carbonyl (C=O) groups is 1. The van der Waals surface area contributed by atoms with Crippen molar-refractivity contribution >= 4 is 23.2 Å². The van der Waals surface area contributed by atoms with Gasteiger partial charge in [-0.15, -0.1) is 0 Å². The highest BCUT2D eigenvalue weighted by Gasteiger charge is 2.22. The summed E-state index contributed by atoms with van der Waals surface area (Å²) in [6, 6.07) is 5.63. The Bertz CT molecular complexity index is 456. The molecule has 4 N–H and O–H groups in total. The number of piperazine rings is 1. The van der Waals surface area contributed by atoms with Gasteiger partial charge in [0.1, 0.15) is 0 Å². The Morgan fingerprint density at radius 3 is 2.47 bits per heavy atom. The van der Waals surface area contributed by atoms with E-state index in [-0.39, 0.29) is 6.09 Å². The minimum atomic E-state index is -0.237. The number of hydrogen-bond donors (Lipinski definition) is 2. The van der Waals surface area contributed by atoms with Crippen molar-refractivity contribution in [1.82, 2.24) is 4.90 Å². The molecule has 0 saturated carbocycles. The Kier molecular flexibility index (Phi) is 3.99. The van der Waals surface area contributed by atoms with Gasteiger partial charge in [0.25, 0.3) is 0 Å². The number of rotatable bonds is 2. The van der Waals surface area contributed by atoms with Crippen LogP contribution < -0.4 is 16.4 Å². The second kappa shape index (κ2) is 5.69.